The van der Waals surface area contributed by atoms with Crippen molar-refractivity contribution in [3.8, 4) is 0 Å². The second-order valence-corrected chi connectivity index (χ2v) is 9.65. The maximum atomic E-state index is 12.6. The van der Waals surface area contributed by atoms with E-state index in [1.165, 1.54) is 32.7 Å². The summed E-state index contributed by atoms with van der Waals surface area (Å²) >= 11 is 2.73. The Labute approximate surface area is 177 Å². The van der Waals surface area contributed by atoms with Crippen LogP contribution in [0.3, 0.4) is 0 Å². The summed E-state index contributed by atoms with van der Waals surface area (Å²) in [6.45, 7) is 4.30. The van der Waals surface area contributed by atoms with Gasteiger partial charge in [-0.3, -0.25) is 4.79 Å². The minimum atomic E-state index is -0.363. The number of thioether (sulfide) groups is 1. The molecule has 2 aromatic rings. The van der Waals surface area contributed by atoms with E-state index >= 15 is 0 Å². The standard InChI is InChI=1S/C19H25N5O3S2/c1-3-27-18(26)15-12-7-4-10(2)8-13(12)29-17(15)21-14(25)9-28-19-23-22-16(24(19)20)11-5-6-11/h10-11H,3-9,20H2,1-2H3,(H,21,25)/t10-/m0/s1. The van der Waals surface area contributed by atoms with Crippen molar-refractivity contribution >= 4 is 40.0 Å². The van der Waals surface area contributed by atoms with Crippen molar-refractivity contribution in [2.75, 3.05) is 23.5 Å². The van der Waals surface area contributed by atoms with E-state index in [-0.39, 0.29) is 17.6 Å². The van der Waals surface area contributed by atoms with Crippen LogP contribution in [0.1, 0.15) is 65.7 Å². The highest BCUT2D eigenvalue weighted by Gasteiger charge is 2.31. The molecule has 0 unspecified atom stereocenters. The molecule has 0 bridgehead atoms. The minimum absolute atomic E-state index is 0.140. The first kappa shape index (κ1) is 20.2. The van der Waals surface area contributed by atoms with E-state index in [9.17, 15) is 9.59 Å². The summed E-state index contributed by atoms with van der Waals surface area (Å²) in [6.07, 6.45) is 4.97. The molecule has 156 valence electrons. The lowest BCUT2D eigenvalue weighted by Gasteiger charge is -2.18. The third-order valence-corrected chi connectivity index (χ3v) is 7.32. The molecule has 2 aliphatic carbocycles. The molecule has 0 aromatic carbocycles. The van der Waals surface area contributed by atoms with Crippen molar-refractivity contribution in [2.45, 2.75) is 57.0 Å². The number of ether oxygens (including phenoxy) is 1. The number of nitrogens with two attached hydrogens (primary N) is 1. The number of nitrogens with zero attached hydrogens (tertiary/aromatic N) is 3. The number of carbonyl (C=O) groups excluding carboxylic acids is 2. The number of hydrogen-bond donors (Lipinski definition) is 2. The number of hydrogen-bond acceptors (Lipinski definition) is 8. The van der Waals surface area contributed by atoms with Crippen molar-refractivity contribution in [1.82, 2.24) is 14.9 Å². The number of aromatic nitrogens is 3. The molecule has 0 saturated heterocycles. The van der Waals surface area contributed by atoms with Crippen LogP contribution in [0.4, 0.5) is 5.00 Å². The highest BCUT2D eigenvalue weighted by Crippen LogP contribution is 2.41. The molecule has 1 saturated carbocycles. The first-order valence-electron chi connectivity index (χ1n) is 9.92. The average Bonchev–Trinajstić information content (AvgIpc) is 3.36. The largest absolute Gasteiger partial charge is 0.462 e. The van der Waals surface area contributed by atoms with Gasteiger partial charge in [0.15, 0.2) is 5.82 Å². The predicted octanol–water partition coefficient (Wildman–Crippen LogP) is 2.96. The summed E-state index contributed by atoms with van der Waals surface area (Å²) < 4.78 is 6.73. The van der Waals surface area contributed by atoms with Gasteiger partial charge >= 0.3 is 5.97 Å². The van der Waals surface area contributed by atoms with Crippen molar-refractivity contribution in [2.24, 2.45) is 5.92 Å². The van der Waals surface area contributed by atoms with Crippen LogP contribution in [0.2, 0.25) is 0 Å². The predicted molar refractivity (Wildman–Crippen MR) is 113 cm³/mol. The Bertz CT molecular complexity index is 935. The molecule has 2 heterocycles. The number of thiophene rings is 1. The topological polar surface area (TPSA) is 112 Å². The van der Waals surface area contributed by atoms with Crippen LogP contribution in [-0.4, -0.2) is 39.1 Å². The first-order valence-corrected chi connectivity index (χ1v) is 11.7. The SMILES string of the molecule is CCOC(=O)c1c(NC(=O)CSc2nnc(C3CC3)n2N)sc2c1CC[C@H](C)C2. The number of nitrogen functional groups attached to an aromatic ring is 1. The third kappa shape index (κ3) is 4.28. The van der Waals surface area contributed by atoms with E-state index in [0.29, 0.717) is 34.2 Å². The van der Waals surface area contributed by atoms with Gasteiger partial charge in [0.2, 0.25) is 11.1 Å². The second kappa shape index (κ2) is 8.35. The van der Waals surface area contributed by atoms with Gasteiger partial charge in [-0.15, -0.1) is 21.5 Å². The number of rotatable bonds is 7. The van der Waals surface area contributed by atoms with Crippen LogP contribution in [0.15, 0.2) is 5.16 Å². The normalized spacial score (nSPS) is 18.3. The van der Waals surface area contributed by atoms with Gasteiger partial charge in [0.05, 0.1) is 17.9 Å². The van der Waals surface area contributed by atoms with Crippen LogP contribution < -0.4 is 11.2 Å². The van der Waals surface area contributed by atoms with E-state index in [1.807, 2.05) is 0 Å². The zero-order valence-electron chi connectivity index (χ0n) is 16.6. The Hall–Kier alpha value is -2.07. The summed E-state index contributed by atoms with van der Waals surface area (Å²) in [6, 6.07) is 0. The van der Waals surface area contributed by atoms with Crippen molar-refractivity contribution in [3.63, 3.8) is 0 Å². The number of anilines is 1. The Morgan fingerprint density at radius 3 is 2.86 bits per heavy atom. The van der Waals surface area contributed by atoms with Gasteiger partial charge in [-0.05, 0) is 50.5 Å². The first-order chi connectivity index (χ1) is 14.0. The van der Waals surface area contributed by atoms with Gasteiger partial charge in [-0.2, -0.15) is 0 Å². The van der Waals surface area contributed by atoms with Gasteiger partial charge in [0, 0.05) is 10.8 Å². The molecule has 2 aliphatic rings. The number of nitrogens with one attached hydrogen (secondary N) is 1. The van der Waals surface area contributed by atoms with Crippen LogP contribution in [0.5, 0.6) is 0 Å². The zero-order chi connectivity index (χ0) is 20.5. The molecule has 29 heavy (non-hydrogen) atoms. The maximum Gasteiger partial charge on any atom is 0.341 e. The Morgan fingerprint density at radius 2 is 2.14 bits per heavy atom. The Kier molecular flexibility index (Phi) is 5.82. The molecule has 1 fully saturated rings. The number of esters is 1. The van der Waals surface area contributed by atoms with Crippen LogP contribution in [0, 0.1) is 5.92 Å². The smallest absolute Gasteiger partial charge is 0.341 e. The fraction of sp³-hybridized carbons (Fsp3) is 0.579. The molecule has 1 atom stereocenters. The van der Waals surface area contributed by atoms with Gasteiger partial charge in [-0.1, -0.05) is 18.7 Å². The van der Waals surface area contributed by atoms with E-state index < -0.39 is 0 Å². The van der Waals surface area contributed by atoms with Crippen molar-refractivity contribution in [3.05, 3.63) is 21.8 Å². The quantitative estimate of drug-likeness (QED) is 0.391. The van der Waals surface area contributed by atoms with E-state index in [0.717, 1.165) is 43.5 Å². The van der Waals surface area contributed by atoms with E-state index in [1.54, 1.807) is 6.92 Å². The van der Waals surface area contributed by atoms with Crippen molar-refractivity contribution in [1.29, 1.82) is 0 Å². The maximum absolute atomic E-state index is 12.6. The molecule has 0 radical (unpaired) electrons. The molecule has 2 aromatic heterocycles. The molecular weight excluding hydrogens is 410 g/mol. The molecule has 1 amide bonds. The number of amides is 1. The highest BCUT2D eigenvalue weighted by molar-refractivity contribution is 7.99. The van der Waals surface area contributed by atoms with Gasteiger partial charge in [0.1, 0.15) is 5.00 Å². The third-order valence-electron chi connectivity index (χ3n) is 5.21. The minimum Gasteiger partial charge on any atom is -0.462 e. The van der Waals surface area contributed by atoms with Gasteiger partial charge in [-0.25, -0.2) is 9.47 Å². The molecular formula is C19H25N5O3S2. The molecule has 8 nitrogen and oxygen atoms in total. The molecule has 10 heteroatoms. The Balaban J connectivity index is 1.46. The Morgan fingerprint density at radius 1 is 1.34 bits per heavy atom. The molecule has 3 N–H and O–H groups in total. The van der Waals surface area contributed by atoms with Crippen LogP contribution in [-0.2, 0) is 22.4 Å². The fourth-order valence-corrected chi connectivity index (χ4v) is 5.64. The summed E-state index contributed by atoms with van der Waals surface area (Å²) in [5, 5.41) is 12.2. The summed E-state index contributed by atoms with van der Waals surface area (Å²) in [7, 11) is 0. The van der Waals surface area contributed by atoms with Crippen LogP contribution >= 0.6 is 23.1 Å². The molecule has 4 rings (SSSR count). The number of carbonyl (C=O) groups is 2. The lowest BCUT2D eigenvalue weighted by Crippen LogP contribution is -2.18. The lowest BCUT2D eigenvalue weighted by atomic mass is 9.88. The summed E-state index contributed by atoms with van der Waals surface area (Å²) in [5.74, 6) is 7.35. The van der Waals surface area contributed by atoms with Gasteiger partial charge < -0.3 is 15.9 Å². The van der Waals surface area contributed by atoms with E-state index in [4.69, 9.17) is 10.6 Å². The summed E-state index contributed by atoms with van der Waals surface area (Å²) in [4.78, 5) is 26.3. The van der Waals surface area contributed by atoms with Crippen molar-refractivity contribution < 1.29 is 14.3 Å². The van der Waals surface area contributed by atoms with Gasteiger partial charge in [0.25, 0.3) is 0 Å². The summed E-state index contributed by atoms with van der Waals surface area (Å²) in [5.41, 5.74) is 1.56. The average molecular weight is 436 g/mol. The fourth-order valence-electron chi connectivity index (χ4n) is 3.56. The highest BCUT2D eigenvalue weighted by atomic mass is 32.2. The second-order valence-electron chi connectivity index (χ2n) is 7.60. The zero-order valence-corrected chi connectivity index (χ0v) is 18.2. The lowest BCUT2D eigenvalue weighted by molar-refractivity contribution is -0.113. The molecule has 0 spiro atoms. The van der Waals surface area contributed by atoms with E-state index in [2.05, 4.69) is 22.4 Å². The monoisotopic (exact) mass is 435 g/mol. The number of fused-ring (bicyclic) bond motifs is 1. The molecule has 0 aliphatic heterocycles. The van der Waals surface area contributed by atoms with Crippen LogP contribution in [0.25, 0.3) is 0 Å².